The SMILES string of the molecule is C=CC[Te]CC=C. The number of hydrogen-bond donors (Lipinski definition) is 0. The van der Waals surface area contributed by atoms with Crippen LogP contribution in [0.4, 0.5) is 0 Å². The van der Waals surface area contributed by atoms with Crippen molar-refractivity contribution in [3.8, 4) is 0 Å². The number of hydrogen-bond acceptors (Lipinski definition) is 0. The third-order valence-corrected chi connectivity index (χ3v) is 3.16. The Morgan fingerprint density at radius 1 is 1.14 bits per heavy atom. The molecule has 0 atom stereocenters. The van der Waals surface area contributed by atoms with Gasteiger partial charge in [-0.25, -0.2) is 0 Å². The summed E-state index contributed by atoms with van der Waals surface area (Å²) in [6, 6.07) is 0. The molecule has 0 radical (unpaired) electrons. The van der Waals surface area contributed by atoms with E-state index >= 15 is 0 Å². The molecule has 40 valence electrons. The van der Waals surface area contributed by atoms with Crippen LogP contribution in [0.1, 0.15) is 0 Å². The fourth-order valence-corrected chi connectivity index (χ4v) is 1.57. The van der Waals surface area contributed by atoms with Crippen LogP contribution in [0.15, 0.2) is 25.3 Å². The molecule has 0 rings (SSSR count). The molecule has 0 aromatic heterocycles. The van der Waals surface area contributed by atoms with Gasteiger partial charge in [-0.1, -0.05) is 0 Å². The summed E-state index contributed by atoms with van der Waals surface area (Å²) >= 11 is 0.241. The van der Waals surface area contributed by atoms with E-state index < -0.39 is 0 Å². The molecule has 1 heteroatoms. The minimum atomic E-state index is 0.241. The van der Waals surface area contributed by atoms with Crippen LogP contribution >= 0.6 is 0 Å². The predicted octanol–water partition coefficient (Wildman–Crippen LogP) is 1.90. The van der Waals surface area contributed by atoms with Gasteiger partial charge in [0.25, 0.3) is 0 Å². The summed E-state index contributed by atoms with van der Waals surface area (Å²) in [5, 5.41) is 0. The summed E-state index contributed by atoms with van der Waals surface area (Å²) < 4.78 is 2.49. The van der Waals surface area contributed by atoms with Crippen molar-refractivity contribution in [1.82, 2.24) is 0 Å². The minimum absolute atomic E-state index is 0.241. The fourth-order valence-electron chi connectivity index (χ4n) is 0.235. The van der Waals surface area contributed by atoms with Crippen LogP contribution in [0.25, 0.3) is 0 Å². The number of allylic oxidation sites excluding steroid dienone is 2. The van der Waals surface area contributed by atoms with Crippen molar-refractivity contribution >= 4 is 20.9 Å². The molecule has 0 saturated carbocycles. The van der Waals surface area contributed by atoms with Gasteiger partial charge in [-0.2, -0.15) is 0 Å². The van der Waals surface area contributed by atoms with Crippen LogP contribution in [0.3, 0.4) is 0 Å². The molecule has 0 nitrogen and oxygen atoms in total. The first-order chi connectivity index (χ1) is 3.41. The summed E-state index contributed by atoms with van der Waals surface area (Å²) in [5.41, 5.74) is 0. The number of rotatable bonds is 4. The maximum atomic E-state index is 3.63. The Morgan fingerprint density at radius 2 is 1.57 bits per heavy atom. The first kappa shape index (κ1) is 7.27. The quantitative estimate of drug-likeness (QED) is 0.377. The molecule has 0 unspecified atom stereocenters. The Bertz CT molecular complexity index is 49.2. The monoisotopic (exact) mass is 212 g/mol. The average molecular weight is 210 g/mol. The second-order valence-electron chi connectivity index (χ2n) is 1.11. The fraction of sp³-hybridized carbons (Fsp3) is 0.333. The average Bonchev–Trinajstić information content (AvgIpc) is 1.69. The molecule has 0 amide bonds. The molecule has 0 aliphatic carbocycles. The van der Waals surface area contributed by atoms with Gasteiger partial charge in [-0.05, 0) is 0 Å². The van der Waals surface area contributed by atoms with Crippen molar-refractivity contribution in [2.24, 2.45) is 0 Å². The zero-order valence-electron chi connectivity index (χ0n) is 4.39. The summed E-state index contributed by atoms with van der Waals surface area (Å²) in [6.07, 6.45) is 3.98. The molecule has 0 bridgehead atoms. The van der Waals surface area contributed by atoms with E-state index in [0.717, 1.165) is 0 Å². The summed E-state index contributed by atoms with van der Waals surface area (Å²) in [6.45, 7) is 7.26. The molecule has 0 aliphatic heterocycles. The molecule has 0 spiro atoms. The van der Waals surface area contributed by atoms with Gasteiger partial charge in [0.15, 0.2) is 0 Å². The van der Waals surface area contributed by atoms with E-state index in [2.05, 4.69) is 13.2 Å². The topological polar surface area (TPSA) is 0 Å². The van der Waals surface area contributed by atoms with Gasteiger partial charge in [0.1, 0.15) is 0 Å². The van der Waals surface area contributed by atoms with Gasteiger partial charge < -0.3 is 0 Å². The van der Waals surface area contributed by atoms with E-state index in [1.165, 1.54) is 8.94 Å². The molecule has 0 aromatic rings. The van der Waals surface area contributed by atoms with E-state index in [-0.39, 0.29) is 20.9 Å². The van der Waals surface area contributed by atoms with Crippen molar-refractivity contribution in [2.75, 3.05) is 0 Å². The van der Waals surface area contributed by atoms with Crippen LogP contribution in [0.2, 0.25) is 8.94 Å². The summed E-state index contributed by atoms with van der Waals surface area (Å²) in [4.78, 5) is 0. The second kappa shape index (κ2) is 6.27. The zero-order valence-corrected chi connectivity index (χ0v) is 6.72. The normalized spacial score (nSPS) is 8.00. The van der Waals surface area contributed by atoms with Crippen LogP contribution in [0, 0.1) is 0 Å². The summed E-state index contributed by atoms with van der Waals surface area (Å²) in [7, 11) is 0. The molecule has 0 aliphatic rings. The van der Waals surface area contributed by atoms with Crippen LogP contribution in [-0.4, -0.2) is 20.9 Å². The van der Waals surface area contributed by atoms with E-state index in [9.17, 15) is 0 Å². The maximum absolute atomic E-state index is 3.63. The third kappa shape index (κ3) is 6.27. The Morgan fingerprint density at radius 3 is 1.86 bits per heavy atom. The Hall–Kier alpha value is 0.270. The molecular weight excluding hydrogens is 200 g/mol. The Labute approximate surface area is 55.4 Å². The Kier molecular flexibility index (Phi) is 6.51. The van der Waals surface area contributed by atoms with Crippen molar-refractivity contribution in [3.63, 3.8) is 0 Å². The van der Waals surface area contributed by atoms with Gasteiger partial charge in [0, 0.05) is 0 Å². The second-order valence-corrected chi connectivity index (χ2v) is 4.18. The molecule has 0 heterocycles. The van der Waals surface area contributed by atoms with E-state index in [1.807, 2.05) is 12.2 Å². The first-order valence-electron chi connectivity index (χ1n) is 2.21. The molecule has 0 N–H and O–H groups in total. The van der Waals surface area contributed by atoms with Crippen LogP contribution < -0.4 is 0 Å². The predicted molar refractivity (Wildman–Crippen MR) is 35.8 cm³/mol. The van der Waals surface area contributed by atoms with Gasteiger partial charge in [0.2, 0.25) is 0 Å². The molecule has 0 aromatic carbocycles. The van der Waals surface area contributed by atoms with E-state index in [1.54, 1.807) is 0 Å². The van der Waals surface area contributed by atoms with Crippen molar-refractivity contribution < 1.29 is 0 Å². The molecule has 0 saturated heterocycles. The van der Waals surface area contributed by atoms with Gasteiger partial charge in [-0.3, -0.25) is 0 Å². The molecule has 0 fully saturated rings. The standard InChI is InChI=1S/C6H10Te/c1-3-5-7-6-4-2/h3-4H,1-2,5-6H2. The summed E-state index contributed by atoms with van der Waals surface area (Å²) in [5.74, 6) is 0. The zero-order chi connectivity index (χ0) is 5.54. The van der Waals surface area contributed by atoms with E-state index in [4.69, 9.17) is 0 Å². The van der Waals surface area contributed by atoms with E-state index in [0.29, 0.717) is 0 Å². The third-order valence-electron chi connectivity index (χ3n) is 0.471. The van der Waals surface area contributed by atoms with Crippen LogP contribution in [-0.2, 0) is 0 Å². The first-order valence-corrected chi connectivity index (χ1v) is 5.51. The Balaban J connectivity index is 2.68. The molecular formula is C6H10Te. The van der Waals surface area contributed by atoms with Gasteiger partial charge in [0.05, 0.1) is 0 Å². The van der Waals surface area contributed by atoms with Gasteiger partial charge in [-0.15, -0.1) is 0 Å². The van der Waals surface area contributed by atoms with Crippen LogP contribution in [0.5, 0.6) is 0 Å². The van der Waals surface area contributed by atoms with Gasteiger partial charge >= 0.3 is 55.2 Å². The van der Waals surface area contributed by atoms with Crippen molar-refractivity contribution in [1.29, 1.82) is 0 Å². The van der Waals surface area contributed by atoms with Crippen molar-refractivity contribution in [3.05, 3.63) is 25.3 Å². The molecule has 7 heavy (non-hydrogen) atoms. The van der Waals surface area contributed by atoms with Crippen molar-refractivity contribution in [2.45, 2.75) is 8.94 Å².